The quantitative estimate of drug-likeness (QED) is 0.597. The van der Waals surface area contributed by atoms with E-state index in [-0.39, 0.29) is 5.41 Å². The molecule has 0 aromatic heterocycles. The van der Waals surface area contributed by atoms with Gasteiger partial charge in [0.15, 0.2) is 5.96 Å². The van der Waals surface area contributed by atoms with Gasteiger partial charge in [-0.25, -0.2) is 0 Å². The Morgan fingerprint density at radius 3 is 2.67 bits per heavy atom. The second-order valence-corrected chi connectivity index (χ2v) is 8.46. The molecule has 138 valence electrons. The Morgan fingerprint density at radius 2 is 1.96 bits per heavy atom. The minimum atomic E-state index is 0.184. The van der Waals surface area contributed by atoms with Crippen LogP contribution in [0.3, 0.4) is 0 Å². The molecular formula is C19H36N4O. The lowest BCUT2D eigenvalue weighted by molar-refractivity contribution is -0.188. The third-order valence-corrected chi connectivity index (χ3v) is 6.55. The molecule has 3 aliphatic rings. The average molecular weight is 337 g/mol. The van der Waals surface area contributed by atoms with Crippen LogP contribution in [0, 0.1) is 11.3 Å². The molecule has 1 heterocycles. The standard InChI is InChI=1S/C19H36N4O/c1-19(2)16(15-10-7-13-24-17(15)19)22-18(20-3)21-11-12-23(4)14-8-5-6-9-14/h14-17H,5-13H2,1-4H3,(H2,20,21,22). The van der Waals surface area contributed by atoms with Crippen LogP contribution < -0.4 is 10.6 Å². The average Bonchev–Trinajstić information content (AvgIpc) is 3.12. The van der Waals surface area contributed by atoms with E-state index in [2.05, 4.69) is 41.4 Å². The minimum absolute atomic E-state index is 0.184. The van der Waals surface area contributed by atoms with Crippen LogP contribution in [0.4, 0.5) is 0 Å². The first-order chi connectivity index (χ1) is 11.5. The molecule has 2 aliphatic carbocycles. The summed E-state index contributed by atoms with van der Waals surface area (Å²) in [6, 6.07) is 1.24. The van der Waals surface area contributed by atoms with E-state index in [1.807, 2.05) is 7.05 Å². The molecular weight excluding hydrogens is 300 g/mol. The van der Waals surface area contributed by atoms with Gasteiger partial charge < -0.3 is 20.3 Å². The SMILES string of the molecule is CN=C(NCCN(C)C1CCCC1)NC1C2CCCOC2C1(C)C. The van der Waals surface area contributed by atoms with Crippen LogP contribution in [-0.4, -0.2) is 62.8 Å². The van der Waals surface area contributed by atoms with Crippen molar-refractivity contribution in [2.75, 3.05) is 33.8 Å². The van der Waals surface area contributed by atoms with Crippen molar-refractivity contribution in [2.24, 2.45) is 16.3 Å². The van der Waals surface area contributed by atoms with Crippen LogP contribution in [0.2, 0.25) is 0 Å². The van der Waals surface area contributed by atoms with Gasteiger partial charge in [-0.05, 0) is 32.7 Å². The fraction of sp³-hybridized carbons (Fsp3) is 0.947. The Balaban J connectivity index is 1.45. The third kappa shape index (κ3) is 3.57. The zero-order valence-corrected chi connectivity index (χ0v) is 16.0. The van der Waals surface area contributed by atoms with Crippen molar-refractivity contribution < 1.29 is 4.74 Å². The molecule has 3 rings (SSSR count). The maximum atomic E-state index is 6.00. The maximum Gasteiger partial charge on any atom is 0.191 e. The smallest absolute Gasteiger partial charge is 0.191 e. The van der Waals surface area contributed by atoms with E-state index in [1.165, 1.54) is 38.5 Å². The predicted octanol–water partition coefficient (Wildman–Crippen LogP) is 2.23. The highest BCUT2D eigenvalue weighted by Crippen LogP contribution is 2.51. The summed E-state index contributed by atoms with van der Waals surface area (Å²) in [7, 11) is 4.13. The molecule has 0 bridgehead atoms. The highest BCUT2D eigenvalue weighted by molar-refractivity contribution is 5.80. The van der Waals surface area contributed by atoms with Crippen LogP contribution >= 0.6 is 0 Å². The van der Waals surface area contributed by atoms with Crippen molar-refractivity contribution in [1.29, 1.82) is 0 Å². The molecule has 0 aromatic rings. The van der Waals surface area contributed by atoms with Crippen molar-refractivity contribution in [3.05, 3.63) is 0 Å². The highest BCUT2D eigenvalue weighted by atomic mass is 16.5. The van der Waals surface area contributed by atoms with Gasteiger partial charge in [0.2, 0.25) is 0 Å². The van der Waals surface area contributed by atoms with E-state index in [1.54, 1.807) is 0 Å². The van der Waals surface area contributed by atoms with E-state index < -0.39 is 0 Å². The Kier molecular flexibility index (Phi) is 5.70. The van der Waals surface area contributed by atoms with Gasteiger partial charge in [-0.15, -0.1) is 0 Å². The zero-order valence-electron chi connectivity index (χ0n) is 16.0. The van der Waals surface area contributed by atoms with Crippen molar-refractivity contribution in [3.63, 3.8) is 0 Å². The Bertz CT molecular complexity index is 445. The van der Waals surface area contributed by atoms with Gasteiger partial charge in [-0.3, -0.25) is 4.99 Å². The topological polar surface area (TPSA) is 48.9 Å². The fourth-order valence-electron chi connectivity index (χ4n) is 5.04. The molecule has 3 fully saturated rings. The van der Waals surface area contributed by atoms with Crippen LogP contribution in [-0.2, 0) is 4.74 Å². The number of hydrogen-bond donors (Lipinski definition) is 2. The summed E-state index contributed by atoms with van der Waals surface area (Å²) in [6.45, 7) is 7.59. The van der Waals surface area contributed by atoms with Crippen LogP contribution in [0.5, 0.6) is 0 Å². The molecule has 5 nitrogen and oxygen atoms in total. The summed E-state index contributed by atoms with van der Waals surface area (Å²) in [5.74, 6) is 1.57. The third-order valence-electron chi connectivity index (χ3n) is 6.55. The summed E-state index contributed by atoms with van der Waals surface area (Å²) < 4.78 is 6.00. The van der Waals surface area contributed by atoms with E-state index in [4.69, 9.17) is 4.74 Å². The molecule has 1 saturated heterocycles. The van der Waals surface area contributed by atoms with Gasteiger partial charge in [0.05, 0.1) is 6.10 Å². The number of nitrogens with zero attached hydrogens (tertiary/aromatic N) is 2. The summed E-state index contributed by atoms with van der Waals surface area (Å²) in [5, 5.41) is 7.19. The molecule has 0 spiro atoms. The maximum absolute atomic E-state index is 6.00. The number of hydrogen-bond acceptors (Lipinski definition) is 3. The van der Waals surface area contributed by atoms with Crippen molar-refractivity contribution in [1.82, 2.24) is 15.5 Å². The number of fused-ring (bicyclic) bond motifs is 1. The van der Waals surface area contributed by atoms with Gasteiger partial charge in [0.1, 0.15) is 0 Å². The molecule has 3 atom stereocenters. The van der Waals surface area contributed by atoms with Crippen LogP contribution in [0.1, 0.15) is 52.4 Å². The second kappa shape index (κ2) is 7.61. The van der Waals surface area contributed by atoms with E-state index in [0.29, 0.717) is 18.1 Å². The number of nitrogens with one attached hydrogen (secondary N) is 2. The molecule has 0 amide bonds. The van der Waals surface area contributed by atoms with Gasteiger partial charge >= 0.3 is 0 Å². The van der Waals surface area contributed by atoms with Crippen LogP contribution in [0.15, 0.2) is 4.99 Å². The summed E-state index contributed by atoms with van der Waals surface area (Å²) >= 11 is 0. The molecule has 5 heteroatoms. The number of rotatable bonds is 5. The summed E-state index contributed by atoms with van der Waals surface area (Å²) in [5.41, 5.74) is 0.184. The number of likely N-dealkylation sites (N-methyl/N-ethyl adjacent to an activating group) is 1. The lowest BCUT2D eigenvalue weighted by Gasteiger charge is -2.60. The fourth-order valence-corrected chi connectivity index (χ4v) is 5.04. The largest absolute Gasteiger partial charge is 0.377 e. The molecule has 0 radical (unpaired) electrons. The first-order valence-electron chi connectivity index (χ1n) is 9.83. The Labute approximate surface area is 147 Å². The van der Waals surface area contributed by atoms with Gasteiger partial charge in [-0.1, -0.05) is 26.7 Å². The van der Waals surface area contributed by atoms with Crippen molar-refractivity contribution >= 4 is 5.96 Å². The summed E-state index contributed by atoms with van der Waals surface area (Å²) in [4.78, 5) is 6.95. The summed E-state index contributed by atoms with van der Waals surface area (Å²) in [6.07, 6.45) is 8.39. The highest BCUT2D eigenvalue weighted by Gasteiger charge is 2.58. The van der Waals surface area contributed by atoms with Gasteiger partial charge in [-0.2, -0.15) is 0 Å². The Hall–Kier alpha value is -0.810. The molecule has 1 aliphatic heterocycles. The van der Waals surface area contributed by atoms with Crippen molar-refractivity contribution in [3.8, 4) is 0 Å². The number of guanidine groups is 1. The minimum Gasteiger partial charge on any atom is -0.377 e. The number of ether oxygens (including phenoxy) is 1. The molecule has 2 N–H and O–H groups in total. The van der Waals surface area contributed by atoms with E-state index in [9.17, 15) is 0 Å². The molecule has 2 saturated carbocycles. The normalized spacial score (nSPS) is 33.2. The van der Waals surface area contributed by atoms with E-state index in [0.717, 1.165) is 31.7 Å². The second-order valence-electron chi connectivity index (χ2n) is 8.46. The molecule has 24 heavy (non-hydrogen) atoms. The Morgan fingerprint density at radius 1 is 1.21 bits per heavy atom. The van der Waals surface area contributed by atoms with Crippen molar-refractivity contribution in [2.45, 2.75) is 70.6 Å². The van der Waals surface area contributed by atoms with E-state index >= 15 is 0 Å². The monoisotopic (exact) mass is 336 g/mol. The van der Waals surface area contributed by atoms with Crippen LogP contribution in [0.25, 0.3) is 0 Å². The predicted molar refractivity (Wildman–Crippen MR) is 99.4 cm³/mol. The lowest BCUT2D eigenvalue weighted by atomic mass is 9.55. The molecule has 0 aromatic carbocycles. The lowest BCUT2D eigenvalue weighted by Crippen LogP contribution is -2.71. The number of aliphatic imine (C=N–C) groups is 1. The first-order valence-corrected chi connectivity index (χ1v) is 9.83. The van der Waals surface area contributed by atoms with Gasteiger partial charge in [0, 0.05) is 50.2 Å². The first kappa shape index (κ1) is 18.0. The molecule has 3 unspecified atom stereocenters. The zero-order chi connectivity index (χ0) is 17.2. The van der Waals surface area contributed by atoms with Gasteiger partial charge in [0.25, 0.3) is 0 Å².